The highest BCUT2D eigenvalue weighted by Gasteiger charge is 2.34. The lowest BCUT2D eigenvalue weighted by molar-refractivity contribution is -0.118. The number of hydrogen-bond donors (Lipinski definition) is 1. The number of nitrogens with one attached hydrogen (secondary N) is 1. The summed E-state index contributed by atoms with van der Waals surface area (Å²) in [6.45, 7) is 1.87. The molecule has 0 bridgehead atoms. The maximum absolute atomic E-state index is 12.5. The van der Waals surface area contributed by atoms with Gasteiger partial charge in [-0.25, -0.2) is 0 Å². The van der Waals surface area contributed by atoms with E-state index in [1.165, 1.54) is 0 Å². The number of hydrogen-bond acceptors (Lipinski definition) is 4. The van der Waals surface area contributed by atoms with Gasteiger partial charge < -0.3 is 10.1 Å². The number of carbonyl (C=O) groups excluding carboxylic acids is 2. The van der Waals surface area contributed by atoms with Crippen LogP contribution in [0.2, 0.25) is 5.02 Å². The zero-order valence-electron chi connectivity index (χ0n) is 16.9. The van der Waals surface area contributed by atoms with Crippen LogP contribution in [0.1, 0.15) is 16.5 Å². The van der Waals surface area contributed by atoms with Crippen LogP contribution in [0.5, 0.6) is 5.75 Å². The van der Waals surface area contributed by atoms with Crippen molar-refractivity contribution in [1.82, 2.24) is 0 Å². The number of anilines is 2. The lowest BCUT2D eigenvalue weighted by Crippen LogP contribution is -2.27. The van der Waals surface area contributed by atoms with Crippen molar-refractivity contribution in [2.75, 3.05) is 22.6 Å². The third-order valence-electron chi connectivity index (χ3n) is 4.79. The zero-order chi connectivity index (χ0) is 21.8. The molecule has 3 aromatic rings. The van der Waals surface area contributed by atoms with Gasteiger partial charge in [0.05, 0.1) is 5.75 Å². The van der Waals surface area contributed by atoms with Gasteiger partial charge in [0.1, 0.15) is 11.1 Å². The number of benzene rings is 3. The van der Waals surface area contributed by atoms with Gasteiger partial charge in [0.25, 0.3) is 5.91 Å². The van der Waals surface area contributed by atoms with E-state index in [4.69, 9.17) is 16.3 Å². The molecule has 0 aliphatic carbocycles. The Hall–Kier alpha value is -2.96. The minimum Gasteiger partial charge on any atom is -0.484 e. The van der Waals surface area contributed by atoms with Gasteiger partial charge in [-0.1, -0.05) is 35.9 Å². The Morgan fingerprint density at radius 1 is 1.13 bits per heavy atom. The number of halogens is 1. The predicted molar refractivity (Wildman–Crippen MR) is 126 cm³/mol. The summed E-state index contributed by atoms with van der Waals surface area (Å²) in [6.07, 6.45) is 0. The average Bonchev–Trinajstić information content (AvgIpc) is 3.14. The third-order valence-corrected chi connectivity index (χ3v) is 6.25. The van der Waals surface area contributed by atoms with Crippen molar-refractivity contribution < 1.29 is 14.3 Å². The third kappa shape index (κ3) is 5.21. The fourth-order valence-corrected chi connectivity index (χ4v) is 4.67. The normalized spacial score (nSPS) is 15.7. The summed E-state index contributed by atoms with van der Waals surface area (Å²) in [5, 5.41) is 3.29. The van der Waals surface area contributed by atoms with Crippen LogP contribution in [-0.2, 0) is 9.59 Å². The fraction of sp³-hybridized carbons (Fsp3) is 0.167. The Bertz CT molecular complexity index is 1100. The second-order valence-corrected chi connectivity index (χ2v) is 8.69. The molecule has 1 atom stereocenters. The highest BCUT2D eigenvalue weighted by molar-refractivity contribution is 8.00. The summed E-state index contributed by atoms with van der Waals surface area (Å²) in [5.41, 5.74) is 3.54. The number of carbonyl (C=O) groups is 2. The van der Waals surface area contributed by atoms with E-state index in [1.807, 2.05) is 61.5 Å². The smallest absolute Gasteiger partial charge is 0.262 e. The van der Waals surface area contributed by atoms with Crippen molar-refractivity contribution >= 4 is 46.6 Å². The van der Waals surface area contributed by atoms with E-state index < -0.39 is 0 Å². The molecule has 5 nitrogen and oxygen atoms in total. The lowest BCUT2D eigenvalue weighted by Gasteiger charge is -2.24. The molecule has 3 aromatic carbocycles. The average molecular weight is 453 g/mol. The molecule has 0 radical (unpaired) electrons. The first-order chi connectivity index (χ1) is 15.0. The topological polar surface area (TPSA) is 58.6 Å². The first-order valence-corrected chi connectivity index (χ1v) is 11.2. The SMILES string of the molecule is Cc1cccc(NC(=O)COc2cccc([C@@H]3SCC(=O)N3c3ccc(Cl)cc3)c2)c1. The van der Waals surface area contributed by atoms with Crippen molar-refractivity contribution in [3.8, 4) is 5.75 Å². The minimum absolute atomic E-state index is 0.0428. The van der Waals surface area contributed by atoms with Crippen molar-refractivity contribution in [3.63, 3.8) is 0 Å². The van der Waals surface area contributed by atoms with Crippen LogP contribution in [0, 0.1) is 6.92 Å². The van der Waals surface area contributed by atoms with Gasteiger partial charge in [-0.2, -0.15) is 0 Å². The van der Waals surface area contributed by atoms with Gasteiger partial charge in [0.2, 0.25) is 5.91 Å². The molecule has 0 unspecified atom stereocenters. The molecule has 0 saturated carbocycles. The van der Waals surface area contributed by atoms with Gasteiger partial charge >= 0.3 is 0 Å². The Labute approximate surface area is 190 Å². The molecular formula is C24H21ClN2O3S. The molecule has 158 valence electrons. The molecule has 0 spiro atoms. The predicted octanol–water partition coefficient (Wildman–Crippen LogP) is 5.44. The van der Waals surface area contributed by atoms with Crippen LogP contribution < -0.4 is 15.0 Å². The van der Waals surface area contributed by atoms with E-state index in [-0.39, 0.29) is 23.8 Å². The molecule has 4 rings (SSSR count). The Kier molecular flexibility index (Phi) is 6.49. The molecular weight excluding hydrogens is 432 g/mol. The number of aryl methyl sites for hydroxylation is 1. The molecule has 2 amide bonds. The van der Waals surface area contributed by atoms with Gasteiger partial charge in [-0.05, 0) is 66.6 Å². The fourth-order valence-electron chi connectivity index (χ4n) is 3.38. The minimum atomic E-state index is -0.232. The highest BCUT2D eigenvalue weighted by atomic mass is 35.5. The van der Waals surface area contributed by atoms with E-state index in [9.17, 15) is 9.59 Å². The monoisotopic (exact) mass is 452 g/mol. The number of amides is 2. The first-order valence-electron chi connectivity index (χ1n) is 9.78. The summed E-state index contributed by atoms with van der Waals surface area (Å²) in [4.78, 5) is 26.5. The van der Waals surface area contributed by atoms with Gasteiger partial charge in [-0.15, -0.1) is 11.8 Å². The van der Waals surface area contributed by atoms with E-state index in [0.717, 1.165) is 22.5 Å². The second kappa shape index (κ2) is 9.45. The summed E-state index contributed by atoms with van der Waals surface area (Å²) in [6, 6.07) is 22.3. The standard InChI is InChI=1S/C24H21ClN2O3S/c1-16-4-2-6-19(12-16)26-22(28)14-30-21-7-3-5-17(13-21)24-27(23(29)15-31-24)20-10-8-18(25)9-11-20/h2-13,24H,14-15H2,1H3,(H,26,28)/t24-/m0/s1. The molecule has 1 fully saturated rings. The number of thioether (sulfide) groups is 1. The van der Waals surface area contributed by atoms with Crippen molar-refractivity contribution in [2.24, 2.45) is 0 Å². The Balaban J connectivity index is 1.44. The number of nitrogens with zero attached hydrogens (tertiary/aromatic N) is 1. The van der Waals surface area contributed by atoms with Crippen LogP contribution in [0.4, 0.5) is 11.4 Å². The molecule has 1 N–H and O–H groups in total. The van der Waals surface area contributed by atoms with Crippen LogP contribution in [0.3, 0.4) is 0 Å². The van der Waals surface area contributed by atoms with Crippen molar-refractivity contribution in [2.45, 2.75) is 12.3 Å². The Morgan fingerprint density at radius 3 is 2.68 bits per heavy atom. The molecule has 7 heteroatoms. The molecule has 1 aliphatic rings. The number of rotatable bonds is 6. The van der Waals surface area contributed by atoms with Crippen molar-refractivity contribution in [3.05, 3.63) is 88.9 Å². The van der Waals surface area contributed by atoms with Crippen LogP contribution >= 0.6 is 23.4 Å². The molecule has 1 aliphatic heterocycles. The second-order valence-electron chi connectivity index (χ2n) is 7.18. The molecule has 0 aromatic heterocycles. The highest BCUT2D eigenvalue weighted by Crippen LogP contribution is 2.42. The van der Waals surface area contributed by atoms with E-state index >= 15 is 0 Å². The lowest BCUT2D eigenvalue weighted by atomic mass is 10.1. The van der Waals surface area contributed by atoms with Crippen LogP contribution in [0.25, 0.3) is 0 Å². The molecule has 31 heavy (non-hydrogen) atoms. The first kappa shape index (κ1) is 21.3. The van der Waals surface area contributed by atoms with Crippen LogP contribution in [-0.4, -0.2) is 24.2 Å². The summed E-state index contributed by atoms with van der Waals surface area (Å²) < 4.78 is 5.71. The van der Waals surface area contributed by atoms with E-state index in [2.05, 4.69) is 5.32 Å². The molecule has 1 saturated heterocycles. The summed E-state index contributed by atoms with van der Waals surface area (Å²) in [5.74, 6) is 0.787. The van der Waals surface area contributed by atoms with Gasteiger partial charge in [-0.3, -0.25) is 14.5 Å². The quantitative estimate of drug-likeness (QED) is 0.540. The summed E-state index contributed by atoms with van der Waals surface area (Å²) in [7, 11) is 0. The largest absolute Gasteiger partial charge is 0.484 e. The number of ether oxygens (including phenoxy) is 1. The maximum atomic E-state index is 12.5. The van der Waals surface area contributed by atoms with E-state index in [0.29, 0.717) is 16.5 Å². The van der Waals surface area contributed by atoms with Crippen molar-refractivity contribution in [1.29, 1.82) is 0 Å². The van der Waals surface area contributed by atoms with Gasteiger partial charge in [0, 0.05) is 16.4 Å². The van der Waals surface area contributed by atoms with Crippen LogP contribution in [0.15, 0.2) is 72.8 Å². The molecule has 1 heterocycles. The maximum Gasteiger partial charge on any atom is 0.262 e. The van der Waals surface area contributed by atoms with Gasteiger partial charge in [0.15, 0.2) is 6.61 Å². The van der Waals surface area contributed by atoms with E-state index in [1.54, 1.807) is 34.9 Å². The Morgan fingerprint density at radius 2 is 1.90 bits per heavy atom. The zero-order valence-corrected chi connectivity index (χ0v) is 18.5. The summed E-state index contributed by atoms with van der Waals surface area (Å²) >= 11 is 7.55.